The minimum Gasteiger partial charge on any atom is -0.465 e. The molecule has 1 atom stereocenters. The van der Waals surface area contributed by atoms with Crippen molar-refractivity contribution in [3.63, 3.8) is 0 Å². The highest BCUT2D eigenvalue weighted by Gasteiger charge is 2.24. The van der Waals surface area contributed by atoms with E-state index >= 15 is 0 Å². The molecule has 0 bridgehead atoms. The molecule has 10 heavy (non-hydrogen) atoms. The predicted molar refractivity (Wildman–Crippen MR) is 37.5 cm³/mol. The van der Waals surface area contributed by atoms with Gasteiger partial charge in [0.1, 0.15) is 0 Å². The van der Waals surface area contributed by atoms with Gasteiger partial charge in [-0.25, -0.2) is 0 Å². The number of rotatable bonds is 1. The molecule has 0 aromatic carbocycles. The van der Waals surface area contributed by atoms with Crippen molar-refractivity contribution in [3.05, 3.63) is 0 Å². The molecule has 1 aliphatic rings. The quantitative estimate of drug-likeness (QED) is 0.550. The number of esters is 1. The fraction of sp³-hybridized carbons (Fsp3) is 0.857. The van der Waals surface area contributed by atoms with E-state index in [2.05, 4.69) is 4.74 Å². The molecule has 1 rings (SSSR count). The second kappa shape index (κ2) is 5.23. The van der Waals surface area contributed by atoms with E-state index in [1.807, 2.05) is 13.8 Å². The van der Waals surface area contributed by atoms with Crippen LogP contribution in [0.25, 0.3) is 0 Å². The third-order valence-electron chi connectivity index (χ3n) is 1.26. The summed E-state index contributed by atoms with van der Waals surface area (Å²) in [7, 11) is 0. The summed E-state index contributed by atoms with van der Waals surface area (Å²) in [5.41, 5.74) is 0. The smallest absolute Gasteiger partial charge is 0.311 e. The van der Waals surface area contributed by atoms with Crippen LogP contribution in [0.3, 0.4) is 0 Å². The largest absolute Gasteiger partial charge is 0.465 e. The first-order chi connectivity index (χ1) is 4.84. The van der Waals surface area contributed by atoms with Crippen molar-refractivity contribution in [2.24, 2.45) is 5.92 Å². The number of aliphatic hydroxyl groups is 1. The maximum Gasteiger partial charge on any atom is 0.311 e. The number of ether oxygens (including phenoxy) is 1. The summed E-state index contributed by atoms with van der Waals surface area (Å²) in [4.78, 5) is 10.4. The Hall–Kier alpha value is -0.570. The highest BCUT2D eigenvalue weighted by molar-refractivity contribution is 5.74. The second-order valence-corrected chi connectivity index (χ2v) is 1.84. The topological polar surface area (TPSA) is 46.5 Å². The van der Waals surface area contributed by atoms with Gasteiger partial charge in [-0.1, -0.05) is 13.8 Å². The number of cyclic esters (lactones) is 1. The Labute approximate surface area is 61.0 Å². The Kier molecular flexibility index (Phi) is 4.94. The molecule has 60 valence electrons. The summed E-state index contributed by atoms with van der Waals surface area (Å²) in [5.74, 6) is -0.498. The van der Waals surface area contributed by atoms with Crippen LogP contribution in [0.5, 0.6) is 0 Å². The monoisotopic (exact) mass is 146 g/mol. The van der Waals surface area contributed by atoms with Gasteiger partial charge in [0.15, 0.2) is 0 Å². The van der Waals surface area contributed by atoms with Gasteiger partial charge >= 0.3 is 5.97 Å². The lowest BCUT2D eigenvalue weighted by Crippen LogP contribution is -2.11. The van der Waals surface area contributed by atoms with E-state index in [0.29, 0.717) is 13.0 Å². The maximum absolute atomic E-state index is 10.4. The highest BCUT2D eigenvalue weighted by Crippen LogP contribution is 2.12. The lowest BCUT2D eigenvalue weighted by atomic mass is 10.1. The third kappa shape index (κ3) is 2.35. The van der Waals surface area contributed by atoms with Gasteiger partial charge in [-0.05, 0) is 6.42 Å². The standard InChI is InChI=1S/C5H8O3.C2H6/c6-3-4-1-2-8-5(4)7;1-2/h4,6H,1-3H2;1-2H3. The summed E-state index contributed by atoms with van der Waals surface area (Å²) in [6.07, 6.45) is 0.676. The first-order valence-corrected chi connectivity index (χ1v) is 3.62. The Bertz CT molecular complexity index is 101. The normalized spacial score (nSPS) is 23.1. The fourth-order valence-corrected chi connectivity index (χ4v) is 0.703. The molecule has 0 spiro atoms. The van der Waals surface area contributed by atoms with E-state index in [-0.39, 0.29) is 18.5 Å². The van der Waals surface area contributed by atoms with Crippen LogP contribution in [0.15, 0.2) is 0 Å². The van der Waals surface area contributed by atoms with Gasteiger partial charge in [-0.2, -0.15) is 0 Å². The number of carbonyl (C=O) groups excluding carboxylic acids is 1. The Morgan fingerprint density at radius 2 is 2.30 bits per heavy atom. The van der Waals surface area contributed by atoms with Gasteiger partial charge in [-0.3, -0.25) is 4.79 Å². The van der Waals surface area contributed by atoms with Crippen molar-refractivity contribution in [2.75, 3.05) is 13.2 Å². The summed E-state index contributed by atoms with van der Waals surface area (Å²) in [6.45, 7) is 4.41. The van der Waals surface area contributed by atoms with Gasteiger partial charge in [0, 0.05) is 0 Å². The number of hydrogen-bond donors (Lipinski definition) is 1. The molecular weight excluding hydrogens is 132 g/mol. The molecule has 1 fully saturated rings. The van der Waals surface area contributed by atoms with Crippen LogP contribution in [0.1, 0.15) is 20.3 Å². The van der Waals surface area contributed by atoms with Crippen LogP contribution in [-0.4, -0.2) is 24.3 Å². The van der Waals surface area contributed by atoms with Crippen LogP contribution in [-0.2, 0) is 9.53 Å². The van der Waals surface area contributed by atoms with Crippen LogP contribution in [0, 0.1) is 5.92 Å². The zero-order chi connectivity index (χ0) is 7.98. The predicted octanol–water partition coefficient (Wildman–Crippen LogP) is 0.568. The number of carbonyl (C=O) groups is 1. The molecule has 0 amide bonds. The average Bonchev–Trinajstić information content (AvgIpc) is 2.39. The van der Waals surface area contributed by atoms with Gasteiger partial charge < -0.3 is 9.84 Å². The molecule has 1 unspecified atom stereocenters. The molecule has 1 aliphatic heterocycles. The number of hydrogen-bond acceptors (Lipinski definition) is 3. The van der Waals surface area contributed by atoms with E-state index in [1.165, 1.54) is 0 Å². The molecule has 1 N–H and O–H groups in total. The number of aliphatic hydroxyl groups excluding tert-OH is 1. The molecular formula is C7H14O3. The van der Waals surface area contributed by atoms with Crippen molar-refractivity contribution in [1.29, 1.82) is 0 Å². The molecule has 0 aromatic heterocycles. The van der Waals surface area contributed by atoms with Gasteiger partial charge in [-0.15, -0.1) is 0 Å². The molecule has 3 nitrogen and oxygen atoms in total. The minimum absolute atomic E-state index is 0.0706. The van der Waals surface area contributed by atoms with Gasteiger partial charge in [0.05, 0.1) is 19.1 Å². The van der Waals surface area contributed by atoms with Gasteiger partial charge in [0.25, 0.3) is 0 Å². The van der Waals surface area contributed by atoms with E-state index < -0.39 is 0 Å². The Morgan fingerprint density at radius 3 is 2.50 bits per heavy atom. The fourth-order valence-electron chi connectivity index (χ4n) is 0.703. The lowest BCUT2D eigenvalue weighted by molar-refractivity contribution is -0.142. The van der Waals surface area contributed by atoms with Crippen molar-refractivity contribution in [1.82, 2.24) is 0 Å². The summed E-state index contributed by atoms with van der Waals surface area (Å²) in [5, 5.41) is 8.44. The average molecular weight is 146 g/mol. The van der Waals surface area contributed by atoms with Gasteiger partial charge in [0.2, 0.25) is 0 Å². The highest BCUT2D eigenvalue weighted by atomic mass is 16.5. The Morgan fingerprint density at radius 1 is 1.70 bits per heavy atom. The first-order valence-electron chi connectivity index (χ1n) is 3.62. The van der Waals surface area contributed by atoms with Crippen LogP contribution < -0.4 is 0 Å². The van der Waals surface area contributed by atoms with Crippen molar-refractivity contribution >= 4 is 5.97 Å². The molecule has 0 aliphatic carbocycles. The lowest BCUT2D eigenvalue weighted by Gasteiger charge is -1.94. The van der Waals surface area contributed by atoms with E-state index in [0.717, 1.165) is 0 Å². The second-order valence-electron chi connectivity index (χ2n) is 1.84. The molecule has 1 heterocycles. The van der Waals surface area contributed by atoms with Crippen molar-refractivity contribution in [2.45, 2.75) is 20.3 Å². The summed E-state index contributed by atoms with van der Waals surface area (Å²) < 4.78 is 4.56. The van der Waals surface area contributed by atoms with Crippen LogP contribution in [0.4, 0.5) is 0 Å². The third-order valence-corrected chi connectivity index (χ3v) is 1.26. The molecule has 1 saturated heterocycles. The molecule has 0 saturated carbocycles. The van der Waals surface area contributed by atoms with E-state index in [9.17, 15) is 4.79 Å². The van der Waals surface area contributed by atoms with Crippen LogP contribution >= 0.6 is 0 Å². The molecule has 0 aromatic rings. The zero-order valence-electron chi connectivity index (χ0n) is 6.46. The molecule has 0 radical (unpaired) electrons. The van der Waals surface area contributed by atoms with Crippen molar-refractivity contribution < 1.29 is 14.6 Å². The van der Waals surface area contributed by atoms with E-state index in [4.69, 9.17) is 5.11 Å². The van der Waals surface area contributed by atoms with Crippen molar-refractivity contribution in [3.8, 4) is 0 Å². The minimum atomic E-state index is -0.257. The zero-order valence-corrected chi connectivity index (χ0v) is 6.46. The molecule has 3 heteroatoms. The Balaban J connectivity index is 0.000000371. The maximum atomic E-state index is 10.4. The van der Waals surface area contributed by atoms with Crippen LogP contribution in [0.2, 0.25) is 0 Å². The SMILES string of the molecule is CC.O=C1OCCC1CO. The first kappa shape index (κ1) is 9.43. The summed E-state index contributed by atoms with van der Waals surface area (Å²) >= 11 is 0. The summed E-state index contributed by atoms with van der Waals surface area (Å²) in [6, 6.07) is 0. The van der Waals surface area contributed by atoms with E-state index in [1.54, 1.807) is 0 Å².